The molecule has 0 amide bonds. The highest BCUT2D eigenvalue weighted by molar-refractivity contribution is 5.35. The third-order valence-electron chi connectivity index (χ3n) is 2.30. The van der Waals surface area contributed by atoms with Crippen molar-refractivity contribution in [3.63, 3.8) is 0 Å². The van der Waals surface area contributed by atoms with Crippen LogP contribution in [0.15, 0.2) is 12.1 Å². The molecule has 1 aromatic carbocycles. The summed E-state index contributed by atoms with van der Waals surface area (Å²) in [6.07, 6.45) is 0.153. The maximum absolute atomic E-state index is 13.3. The molecule has 0 N–H and O–H groups in total. The molecule has 0 aromatic heterocycles. The fourth-order valence-corrected chi connectivity index (χ4v) is 1.41. The summed E-state index contributed by atoms with van der Waals surface area (Å²) in [6, 6.07) is 3.75. The smallest absolute Gasteiger partial charge is 0.129 e. The monoisotopic (exact) mass is 166 g/mol. The third-order valence-corrected chi connectivity index (χ3v) is 2.30. The van der Waals surface area contributed by atoms with E-state index in [9.17, 15) is 4.39 Å². The predicted molar refractivity (Wildman–Crippen MR) is 44.6 cm³/mol. The third kappa shape index (κ3) is 1.12. The minimum Gasteiger partial charge on any atom is -0.368 e. The molecule has 0 radical (unpaired) electrons. The summed E-state index contributed by atoms with van der Waals surface area (Å²) in [5.74, 6) is -0.0944. The summed E-state index contributed by atoms with van der Waals surface area (Å²) < 4.78 is 18.4. The van der Waals surface area contributed by atoms with Crippen molar-refractivity contribution < 1.29 is 9.13 Å². The molecule has 0 aliphatic carbocycles. The highest BCUT2D eigenvalue weighted by Gasteiger charge is 2.27. The topological polar surface area (TPSA) is 12.5 Å². The summed E-state index contributed by atoms with van der Waals surface area (Å²) in [4.78, 5) is 0. The molecule has 1 atom stereocenters. The summed E-state index contributed by atoms with van der Waals surface area (Å²) >= 11 is 0. The van der Waals surface area contributed by atoms with Crippen LogP contribution in [0.25, 0.3) is 0 Å². The second kappa shape index (κ2) is 2.56. The van der Waals surface area contributed by atoms with Gasteiger partial charge in [0.05, 0.1) is 6.61 Å². The Morgan fingerprint density at radius 2 is 2.08 bits per heavy atom. The molecular formula is C10H11FO. The van der Waals surface area contributed by atoms with E-state index < -0.39 is 0 Å². The van der Waals surface area contributed by atoms with Gasteiger partial charge in [0.15, 0.2) is 0 Å². The van der Waals surface area contributed by atoms with Gasteiger partial charge in [-0.3, -0.25) is 0 Å². The Morgan fingerprint density at radius 3 is 2.67 bits per heavy atom. The van der Waals surface area contributed by atoms with Crippen LogP contribution in [-0.2, 0) is 4.74 Å². The van der Waals surface area contributed by atoms with E-state index in [0.29, 0.717) is 5.56 Å². The molecule has 1 aliphatic heterocycles. The zero-order valence-electron chi connectivity index (χ0n) is 7.23. The Hall–Kier alpha value is -0.890. The van der Waals surface area contributed by atoms with Crippen LogP contribution in [0, 0.1) is 19.7 Å². The molecule has 2 heteroatoms. The summed E-state index contributed by atoms with van der Waals surface area (Å²) in [5.41, 5.74) is 2.44. The van der Waals surface area contributed by atoms with Gasteiger partial charge in [0.1, 0.15) is 11.9 Å². The number of benzene rings is 1. The molecule has 12 heavy (non-hydrogen) atoms. The van der Waals surface area contributed by atoms with Crippen molar-refractivity contribution in [2.24, 2.45) is 0 Å². The molecule has 1 aliphatic rings. The van der Waals surface area contributed by atoms with E-state index in [2.05, 4.69) is 0 Å². The second-order valence-corrected chi connectivity index (χ2v) is 3.23. The first-order valence-corrected chi connectivity index (χ1v) is 4.07. The summed E-state index contributed by atoms with van der Waals surface area (Å²) in [7, 11) is 0. The number of rotatable bonds is 1. The fourth-order valence-electron chi connectivity index (χ4n) is 1.41. The molecule has 0 bridgehead atoms. The van der Waals surface area contributed by atoms with Crippen LogP contribution < -0.4 is 0 Å². The molecule has 1 fully saturated rings. The minimum atomic E-state index is -0.0944. The van der Waals surface area contributed by atoms with Crippen molar-refractivity contribution in [1.29, 1.82) is 0 Å². The van der Waals surface area contributed by atoms with Gasteiger partial charge in [-0.15, -0.1) is 0 Å². The lowest BCUT2D eigenvalue weighted by Gasteiger charge is -2.05. The van der Waals surface area contributed by atoms with Crippen molar-refractivity contribution in [1.82, 2.24) is 0 Å². The maximum Gasteiger partial charge on any atom is 0.129 e. The van der Waals surface area contributed by atoms with E-state index in [0.717, 1.165) is 17.7 Å². The van der Waals surface area contributed by atoms with Crippen LogP contribution in [0.5, 0.6) is 0 Å². The van der Waals surface area contributed by atoms with E-state index in [4.69, 9.17) is 4.74 Å². The van der Waals surface area contributed by atoms with Crippen molar-refractivity contribution in [3.05, 3.63) is 34.6 Å². The SMILES string of the molecule is Cc1ccc(C2CO2)c(C)c1F. The minimum absolute atomic E-state index is 0.0944. The highest BCUT2D eigenvalue weighted by atomic mass is 19.1. The zero-order chi connectivity index (χ0) is 8.72. The summed E-state index contributed by atoms with van der Waals surface area (Å²) in [5, 5.41) is 0. The van der Waals surface area contributed by atoms with Gasteiger partial charge in [0.2, 0.25) is 0 Å². The van der Waals surface area contributed by atoms with Gasteiger partial charge < -0.3 is 4.74 Å². The fraction of sp³-hybridized carbons (Fsp3) is 0.400. The Balaban J connectivity index is 2.49. The van der Waals surface area contributed by atoms with Crippen molar-refractivity contribution >= 4 is 0 Å². The van der Waals surface area contributed by atoms with Crippen molar-refractivity contribution in [2.45, 2.75) is 20.0 Å². The number of aryl methyl sites for hydroxylation is 1. The lowest BCUT2D eigenvalue weighted by atomic mass is 10.0. The van der Waals surface area contributed by atoms with E-state index in [1.165, 1.54) is 0 Å². The van der Waals surface area contributed by atoms with Crippen molar-refractivity contribution in [2.75, 3.05) is 6.61 Å². The maximum atomic E-state index is 13.3. The molecule has 0 spiro atoms. The zero-order valence-corrected chi connectivity index (χ0v) is 7.23. The van der Waals surface area contributed by atoms with E-state index in [-0.39, 0.29) is 11.9 Å². The van der Waals surface area contributed by atoms with Crippen LogP contribution in [0.1, 0.15) is 22.8 Å². The molecule has 1 heterocycles. The first-order chi connectivity index (χ1) is 5.70. The molecular weight excluding hydrogens is 155 g/mol. The van der Waals surface area contributed by atoms with Gasteiger partial charge in [-0.05, 0) is 30.5 Å². The number of hydrogen-bond donors (Lipinski definition) is 0. The van der Waals surface area contributed by atoms with Crippen LogP contribution in [0.2, 0.25) is 0 Å². The van der Waals surface area contributed by atoms with E-state index >= 15 is 0 Å². The quantitative estimate of drug-likeness (QED) is 0.584. The van der Waals surface area contributed by atoms with Crippen LogP contribution in [-0.4, -0.2) is 6.61 Å². The van der Waals surface area contributed by atoms with Gasteiger partial charge in [-0.2, -0.15) is 0 Å². The van der Waals surface area contributed by atoms with Crippen LogP contribution in [0.3, 0.4) is 0 Å². The Morgan fingerprint density at radius 1 is 1.42 bits per heavy atom. The lowest BCUT2D eigenvalue weighted by molar-refractivity contribution is 0.413. The van der Waals surface area contributed by atoms with Crippen LogP contribution in [0.4, 0.5) is 4.39 Å². The number of halogens is 1. The van der Waals surface area contributed by atoms with Gasteiger partial charge in [-0.1, -0.05) is 12.1 Å². The highest BCUT2D eigenvalue weighted by Crippen LogP contribution is 2.33. The van der Waals surface area contributed by atoms with Gasteiger partial charge in [0.25, 0.3) is 0 Å². The average Bonchev–Trinajstić information content (AvgIpc) is 2.84. The average molecular weight is 166 g/mol. The van der Waals surface area contributed by atoms with Gasteiger partial charge in [0, 0.05) is 0 Å². The molecule has 1 nitrogen and oxygen atoms in total. The normalized spacial score (nSPS) is 21.1. The Bertz CT molecular complexity index is 316. The molecule has 1 aromatic rings. The first-order valence-electron chi connectivity index (χ1n) is 4.07. The van der Waals surface area contributed by atoms with E-state index in [1.807, 2.05) is 6.07 Å². The van der Waals surface area contributed by atoms with Gasteiger partial charge >= 0.3 is 0 Å². The summed E-state index contributed by atoms with van der Waals surface area (Å²) in [6.45, 7) is 4.32. The molecule has 0 saturated carbocycles. The molecule has 1 unspecified atom stereocenters. The Labute approximate surface area is 71.2 Å². The largest absolute Gasteiger partial charge is 0.368 e. The predicted octanol–water partition coefficient (Wildman–Crippen LogP) is 2.51. The first kappa shape index (κ1) is 7.74. The lowest BCUT2D eigenvalue weighted by Crippen LogP contribution is -1.93. The molecule has 1 saturated heterocycles. The number of ether oxygens (including phenoxy) is 1. The van der Waals surface area contributed by atoms with E-state index in [1.54, 1.807) is 19.9 Å². The molecule has 64 valence electrons. The number of hydrogen-bond acceptors (Lipinski definition) is 1. The Kier molecular flexibility index (Phi) is 1.65. The second-order valence-electron chi connectivity index (χ2n) is 3.23. The van der Waals surface area contributed by atoms with Crippen molar-refractivity contribution in [3.8, 4) is 0 Å². The number of epoxide rings is 1. The molecule has 2 rings (SSSR count). The van der Waals surface area contributed by atoms with Gasteiger partial charge in [-0.25, -0.2) is 4.39 Å². The standard InChI is InChI=1S/C10H11FO/c1-6-3-4-8(9-5-12-9)7(2)10(6)11/h3-4,9H,5H2,1-2H3. The van der Waals surface area contributed by atoms with Crippen LogP contribution >= 0.6 is 0 Å².